The van der Waals surface area contributed by atoms with Crippen molar-refractivity contribution >= 4 is 0 Å². The van der Waals surface area contributed by atoms with Crippen LogP contribution in [-0.2, 0) is 0 Å². The van der Waals surface area contributed by atoms with Crippen LogP contribution in [-0.4, -0.2) is 51.8 Å². The van der Waals surface area contributed by atoms with Crippen molar-refractivity contribution in [2.24, 2.45) is 0 Å². The van der Waals surface area contributed by atoms with Crippen molar-refractivity contribution in [1.82, 2.24) is 20.7 Å². The first-order chi connectivity index (χ1) is 18.3. The monoisotopic (exact) mass is 512 g/mol. The average Bonchev–Trinajstić information content (AvgIpc) is 3.75. The fourth-order valence-corrected chi connectivity index (χ4v) is 10.1. The summed E-state index contributed by atoms with van der Waals surface area (Å²) in [6, 6.07) is 4.45. The molecule has 0 saturated heterocycles. The van der Waals surface area contributed by atoms with Gasteiger partial charge in [0, 0.05) is 36.3 Å². The quantitative estimate of drug-likeness (QED) is 0.243. The first-order valence-electron chi connectivity index (χ1n) is 17.4. The lowest BCUT2D eigenvalue weighted by molar-refractivity contribution is -0.190. The largest absolute Gasteiger partial charge is 0.308 e. The van der Waals surface area contributed by atoms with E-state index in [-0.39, 0.29) is 5.66 Å². The second-order valence-corrected chi connectivity index (χ2v) is 14.2. The van der Waals surface area contributed by atoms with Crippen LogP contribution in [0.25, 0.3) is 0 Å². The standard InChI is InChI=1S/C33H60N4/c1-3-17-28(18-4-1)35-37(31-23-5-2-6-24-31)33(26-14-13-25-32(33)34-27-15-7-8-16-27)36(29-19-9-10-20-29)30-21-11-12-22-30/h27-32,34-35H,1-26H2. The number of nitrogens with one attached hydrogen (secondary N) is 2. The molecule has 6 aliphatic carbocycles. The minimum Gasteiger partial charge on any atom is -0.308 e. The molecular formula is C33H60N4. The summed E-state index contributed by atoms with van der Waals surface area (Å²) < 4.78 is 0. The third-order valence-electron chi connectivity index (χ3n) is 11.8. The predicted octanol–water partition coefficient (Wildman–Crippen LogP) is 7.82. The number of rotatable bonds is 9. The highest BCUT2D eigenvalue weighted by Crippen LogP contribution is 2.47. The second kappa shape index (κ2) is 13.0. The zero-order valence-corrected chi connectivity index (χ0v) is 24.2. The number of nitrogens with zero attached hydrogens (tertiary/aromatic N) is 2. The van der Waals surface area contributed by atoms with Crippen LogP contribution in [0.5, 0.6) is 0 Å². The van der Waals surface area contributed by atoms with Crippen LogP contribution in [0.1, 0.15) is 167 Å². The molecule has 0 aromatic heterocycles. The van der Waals surface area contributed by atoms with Gasteiger partial charge in [-0.25, -0.2) is 5.01 Å². The van der Waals surface area contributed by atoms with Crippen LogP contribution >= 0.6 is 0 Å². The Balaban J connectivity index is 1.42. The van der Waals surface area contributed by atoms with Crippen LogP contribution < -0.4 is 10.7 Å². The molecule has 6 aliphatic rings. The van der Waals surface area contributed by atoms with Gasteiger partial charge in [-0.1, -0.05) is 89.9 Å². The van der Waals surface area contributed by atoms with Crippen LogP contribution in [0.3, 0.4) is 0 Å². The van der Waals surface area contributed by atoms with Crippen molar-refractivity contribution in [2.45, 2.75) is 209 Å². The van der Waals surface area contributed by atoms with E-state index >= 15 is 0 Å². The van der Waals surface area contributed by atoms with Gasteiger partial charge in [0.1, 0.15) is 5.66 Å². The van der Waals surface area contributed by atoms with Crippen molar-refractivity contribution < 1.29 is 0 Å². The Morgan fingerprint density at radius 1 is 0.432 bits per heavy atom. The van der Waals surface area contributed by atoms with E-state index in [2.05, 4.69) is 20.7 Å². The lowest BCUT2D eigenvalue weighted by Gasteiger charge is -2.63. The van der Waals surface area contributed by atoms with Crippen LogP contribution in [0.15, 0.2) is 0 Å². The molecule has 4 heteroatoms. The predicted molar refractivity (Wildman–Crippen MR) is 155 cm³/mol. The molecule has 4 nitrogen and oxygen atoms in total. The Bertz CT molecular complexity index is 652. The maximum absolute atomic E-state index is 4.47. The molecule has 0 aromatic carbocycles. The summed E-state index contributed by atoms with van der Waals surface area (Å²) in [7, 11) is 0. The first-order valence-corrected chi connectivity index (χ1v) is 17.4. The summed E-state index contributed by atoms with van der Waals surface area (Å²) in [6.07, 6.45) is 37.3. The van der Waals surface area contributed by atoms with Gasteiger partial charge in [0.2, 0.25) is 0 Å². The molecule has 212 valence electrons. The number of hydrogen-bond donors (Lipinski definition) is 2. The molecule has 0 radical (unpaired) electrons. The van der Waals surface area contributed by atoms with Crippen LogP contribution in [0, 0.1) is 0 Å². The van der Waals surface area contributed by atoms with E-state index in [1.807, 2.05) is 0 Å². The fourth-order valence-electron chi connectivity index (χ4n) is 10.1. The lowest BCUT2D eigenvalue weighted by Crippen LogP contribution is -2.79. The minimum absolute atomic E-state index is 0.171. The summed E-state index contributed by atoms with van der Waals surface area (Å²) in [5.74, 6) is 0. The Labute approximate surface area is 229 Å². The van der Waals surface area contributed by atoms with E-state index in [0.717, 1.165) is 24.2 Å². The summed E-state index contributed by atoms with van der Waals surface area (Å²) in [4.78, 5) is 3.29. The van der Waals surface area contributed by atoms with Gasteiger partial charge in [-0.15, -0.1) is 0 Å². The molecule has 0 aromatic rings. The molecule has 0 spiro atoms. The SMILES string of the molecule is C1CCC(NN(C2CCCCC2)C2(N(C3CCCC3)C3CCCC3)CCCCC2NC2CCCC2)CC1. The Morgan fingerprint density at radius 2 is 0.892 bits per heavy atom. The lowest BCUT2D eigenvalue weighted by atomic mass is 9.77. The van der Waals surface area contributed by atoms with E-state index < -0.39 is 0 Å². The average molecular weight is 513 g/mol. The fraction of sp³-hybridized carbons (Fsp3) is 1.00. The molecule has 6 saturated carbocycles. The zero-order chi connectivity index (χ0) is 24.9. The molecule has 6 rings (SSSR count). The maximum Gasteiger partial charge on any atom is 0.103 e. The molecule has 2 atom stereocenters. The van der Waals surface area contributed by atoms with Crippen LogP contribution in [0.2, 0.25) is 0 Å². The van der Waals surface area contributed by atoms with Gasteiger partial charge in [0.15, 0.2) is 0 Å². The van der Waals surface area contributed by atoms with Crippen LogP contribution in [0.4, 0.5) is 0 Å². The Kier molecular flexibility index (Phi) is 9.50. The first kappa shape index (κ1) is 27.0. The molecular weight excluding hydrogens is 452 g/mol. The maximum atomic E-state index is 4.47. The van der Waals surface area contributed by atoms with Gasteiger partial charge >= 0.3 is 0 Å². The zero-order valence-electron chi connectivity index (χ0n) is 24.2. The molecule has 2 unspecified atom stereocenters. The molecule has 0 heterocycles. The Morgan fingerprint density at radius 3 is 1.51 bits per heavy atom. The summed E-state index contributed by atoms with van der Waals surface area (Å²) in [5, 5.41) is 7.56. The normalized spacial score (nSPS) is 34.4. The van der Waals surface area contributed by atoms with E-state index in [1.54, 1.807) is 0 Å². The number of hydrogen-bond acceptors (Lipinski definition) is 4. The van der Waals surface area contributed by atoms with Crippen molar-refractivity contribution in [1.29, 1.82) is 0 Å². The topological polar surface area (TPSA) is 30.5 Å². The highest BCUT2D eigenvalue weighted by molar-refractivity contribution is 5.09. The second-order valence-electron chi connectivity index (χ2n) is 14.2. The molecule has 0 bridgehead atoms. The van der Waals surface area contributed by atoms with E-state index in [0.29, 0.717) is 12.1 Å². The molecule has 2 N–H and O–H groups in total. The van der Waals surface area contributed by atoms with Gasteiger partial charge in [0.05, 0.1) is 0 Å². The van der Waals surface area contributed by atoms with Crippen molar-refractivity contribution in [3.8, 4) is 0 Å². The molecule has 37 heavy (non-hydrogen) atoms. The van der Waals surface area contributed by atoms with Crippen molar-refractivity contribution in [2.75, 3.05) is 0 Å². The summed E-state index contributed by atoms with van der Waals surface area (Å²) in [5.41, 5.74) is 4.64. The van der Waals surface area contributed by atoms with Gasteiger partial charge in [0.25, 0.3) is 0 Å². The van der Waals surface area contributed by atoms with Gasteiger partial charge < -0.3 is 5.32 Å². The highest BCUT2D eigenvalue weighted by atomic mass is 15.6. The molecule has 0 aliphatic heterocycles. The smallest absolute Gasteiger partial charge is 0.103 e. The number of hydrazine groups is 1. The summed E-state index contributed by atoms with van der Waals surface area (Å²) >= 11 is 0. The van der Waals surface area contributed by atoms with Crippen molar-refractivity contribution in [3.63, 3.8) is 0 Å². The van der Waals surface area contributed by atoms with Crippen molar-refractivity contribution in [3.05, 3.63) is 0 Å². The molecule has 0 amide bonds. The van der Waals surface area contributed by atoms with E-state index in [1.165, 1.54) is 167 Å². The van der Waals surface area contributed by atoms with Gasteiger partial charge in [-0.2, -0.15) is 0 Å². The third-order valence-corrected chi connectivity index (χ3v) is 11.8. The Hall–Kier alpha value is -0.160. The van der Waals surface area contributed by atoms with Gasteiger partial charge in [-0.3, -0.25) is 10.3 Å². The van der Waals surface area contributed by atoms with Gasteiger partial charge in [-0.05, 0) is 77.0 Å². The highest BCUT2D eigenvalue weighted by Gasteiger charge is 2.56. The summed E-state index contributed by atoms with van der Waals surface area (Å²) in [6.45, 7) is 0. The molecule has 6 fully saturated rings. The third kappa shape index (κ3) is 5.98. The van der Waals surface area contributed by atoms with E-state index in [9.17, 15) is 0 Å². The minimum atomic E-state index is 0.171. The van der Waals surface area contributed by atoms with E-state index in [4.69, 9.17) is 0 Å².